The van der Waals surface area contributed by atoms with Gasteiger partial charge in [-0.2, -0.15) is 0 Å². The highest BCUT2D eigenvalue weighted by atomic mass is 15.1. The number of hydrogen-bond acceptors (Lipinski definition) is 3. The highest BCUT2D eigenvalue weighted by molar-refractivity contribution is 5.85. The summed E-state index contributed by atoms with van der Waals surface area (Å²) in [6.07, 6.45) is 1.04. The van der Waals surface area contributed by atoms with Gasteiger partial charge >= 0.3 is 0 Å². The first-order valence-electron chi connectivity index (χ1n) is 7.30. The molecule has 0 saturated carbocycles. The van der Waals surface area contributed by atoms with E-state index in [0.717, 1.165) is 52.5 Å². The summed E-state index contributed by atoms with van der Waals surface area (Å²) in [5.74, 6) is 1.71. The molecule has 3 aromatic rings. The van der Waals surface area contributed by atoms with Gasteiger partial charge in [-0.05, 0) is 38.5 Å². The van der Waals surface area contributed by atoms with Crippen molar-refractivity contribution >= 4 is 16.7 Å². The van der Waals surface area contributed by atoms with Gasteiger partial charge in [0.25, 0.3) is 0 Å². The monoisotopic (exact) mass is 280 g/mol. The van der Waals surface area contributed by atoms with Crippen LogP contribution in [-0.2, 0) is 6.54 Å². The van der Waals surface area contributed by atoms with Gasteiger partial charge in [-0.25, -0.2) is 4.98 Å². The van der Waals surface area contributed by atoms with E-state index in [9.17, 15) is 0 Å². The Morgan fingerprint density at radius 2 is 1.90 bits per heavy atom. The summed E-state index contributed by atoms with van der Waals surface area (Å²) in [5.41, 5.74) is 10.2. The van der Waals surface area contributed by atoms with Crippen molar-refractivity contribution in [2.45, 2.75) is 33.7 Å². The zero-order valence-corrected chi connectivity index (χ0v) is 12.7. The molecule has 0 unspecified atom stereocenters. The van der Waals surface area contributed by atoms with E-state index in [-0.39, 0.29) is 0 Å². The molecule has 2 N–H and O–H groups in total. The zero-order valence-electron chi connectivity index (χ0n) is 12.7. The van der Waals surface area contributed by atoms with Crippen molar-refractivity contribution in [3.63, 3.8) is 0 Å². The molecule has 21 heavy (non-hydrogen) atoms. The van der Waals surface area contributed by atoms with E-state index < -0.39 is 0 Å². The summed E-state index contributed by atoms with van der Waals surface area (Å²) in [6.45, 7) is 7.05. The molecule has 0 amide bonds. The lowest BCUT2D eigenvalue weighted by molar-refractivity contribution is 0.665. The molecular formula is C17H20N4. The van der Waals surface area contributed by atoms with Crippen LogP contribution >= 0.6 is 0 Å². The molecule has 0 aliphatic heterocycles. The van der Waals surface area contributed by atoms with Gasteiger partial charge < -0.3 is 10.3 Å². The Balaban J connectivity index is 2.12. The molecule has 0 atom stereocenters. The fourth-order valence-corrected chi connectivity index (χ4v) is 2.67. The standard InChI is InChI=1S/C17H20N4/c1-4-9-21-12(3)20-16(17(21)18)14-7-8-15-13(10-14)6-5-11(2)19-15/h5-8,10H,4,9,18H2,1-3H3. The second-order valence-electron chi connectivity index (χ2n) is 5.40. The number of anilines is 1. The number of hydrogen-bond donors (Lipinski definition) is 1. The van der Waals surface area contributed by atoms with Gasteiger partial charge in [0, 0.05) is 23.2 Å². The third-order valence-corrected chi connectivity index (χ3v) is 3.75. The molecule has 1 aromatic carbocycles. The van der Waals surface area contributed by atoms with Crippen molar-refractivity contribution in [1.29, 1.82) is 0 Å². The summed E-state index contributed by atoms with van der Waals surface area (Å²) in [5, 5.41) is 1.11. The Morgan fingerprint density at radius 3 is 2.67 bits per heavy atom. The third kappa shape index (κ3) is 2.37. The number of nitrogen functional groups attached to an aromatic ring is 1. The fourth-order valence-electron chi connectivity index (χ4n) is 2.67. The van der Waals surface area contributed by atoms with Gasteiger partial charge in [-0.3, -0.25) is 4.98 Å². The molecule has 0 aliphatic carbocycles. The predicted molar refractivity (Wildman–Crippen MR) is 87.1 cm³/mol. The molecular weight excluding hydrogens is 260 g/mol. The Hall–Kier alpha value is -2.36. The van der Waals surface area contributed by atoms with Crippen LogP contribution in [0, 0.1) is 13.8 Å². The SMILES string of the molecule is CCCn1c(C)nc(-c2ccc3nc(C)ccc3c2)c1N. The molecule has 0 bridgehead atoms. The van der Waals surface area contributed by atoms with E-state index >= 15 is 0 Å². The topological polar surface area (TPSA) is 56.7 Å². The molecule has 108 valence electrons. The molecule has 0 saturated heterocycles. The van der Waals surface area contributed by atoms with E-state index in [1.165, 1.54) is 0 Å². The smallest absolute Gasteiger partial charge is 0.131 e. The normalized spacial score (nSPS) is 11.2. The first-order valence-corrected chi connectivity index (χ1v) is 7.30. The maximum atomic E-state index is 6.28. The average molecular weight is 280 g/mol. The predicted octanol–water partition coefficient (Wildman–Crippen LogP) is 3.71. The number of aryl methyl sites for hydroxylation is 2. The van der Waals surface area contributed by atoms with E-state index in [1.807, 2.05) is 32.0 Å². The van der Waals surface area contributed by atoms with Crippen molar-refractivity contribution in [3.05, 3.63) is 41.9 Å². The quantitative estimate of drug-likeness (QED) is 0.795. The number of fused-ring (bicyclic) bond motifs is 1. The first-order chi connectivity index (χ1) is 10.1. The average Bonchev–Trinajstić information content (AvgIpc) is 2.75. The summed E-state index contributed by atoms with van der Waals surface area (Å²) in [6, 6.07) is 10.3. The lowest BCUT2D eigenvalue weighted by atomic mass is 10.1. The van der Waals surface area contributed by atoms with Crippen molar-refractivity contribution in [2.24, 2.45) is 0 Å². The van der Waals surface area contributed by atoms with Gasteiger partial charge in [0.2, 0.25) is 0 Å². The van der Waals surface area contributed by atoms with Crippen molar-refractivity contribution < 1.29 is 0 Å². The lowest BCUT2D eigenvalue weighted by Crippen LogP contribution is -2.04. The van der Waals surface area contributed by atoms with Gasteiger partial charge in [-0.15, -0.1) is 0 Å². The molecule has 4 nitrogen and oxygen atoms in total. The van der Waals surface area contributed by atoms with E-state index in [2.05, 4.69) is 33.6 Å². The van der Waals surface area contributed by atoms with Crippen LogP contribution in [0.4, 0.5) is 5.82 Å². The molecule has 0 fully saturated rings. The largest absolute Gasteiger partial charge is 0.383 e. The minimum absolute atomic E-state index is 0.744. The molecule has 0 spiro atoms. The third-order valence-electron chi connectivity index (χ3n) is 3.75. The maximum Gasteiger partial charge on any atom is 0.131 e. The molecule has 2 heterocycles. The number of nitrogens with two attached hydrogens (primary N) is 1. The Bertz CT molecular complexity index is 802. The number of rotatable bonds is 3. The van der Waals surface area contributed by atoms with Crippen LogP contribution in [0.25, 0.3) is 22.2 Å². The van der Waals surface area contributed by atoms with Crippen molar-refractivity contribution in [2.75, 3.05) is 5.73 Å². The maximum absolute atomic E-state index is 6.28. The summed E-state index contributed by atoms with van der Waals surface area (Å²) in [7, 11) is 0. The summed E-state index contributed by atoms with van der Waals surface area (Å²) in [4.78, 5) is 9.17. The lowest BCUT2D eigenvalue weighted by Gasteiger charge is -2.06. The van der Waals surface area contributed by atoms with Gasteiger partial charge in [0.15, 0.2) is 0 Å². The molecule has 4 heteroatoms. The van der Waals surface area contributed by atoms with Crippen LogP contribution in [0.1, 0.15) is 24.9 Å². The Morgan fingerprint density at radius 1 is 1.10 bits per heavy atom. The van der Waals surface area contributed by atoms with Crippen LogP contribution in [0.2, 0.25) is 0 Å². The first kappa shape index (κ1) is 13.6. The Labute approximate surface area is 124 Å². The minimum Gasteiger partial charge on any atom is -0.383 e. The number of imidazole rings is 1. The number of aromatic nitrogens is 3. The number of benzene rings is 1. The number of nitrogens with zero attached hydrogens (tertiary/aromatic N) is 3. The second-order valence-corrected chi connectivity index (χ2v) is 5.40. The number of pyridine rings is 1. The summed E-state index contributed by atoms with van der Waals surface area (Å²) < 4.78 is 2.08. The molecule has 3 rings (SSSR count). The van der Waals surface area contributed by atoms with E-state index in [1.54, 1.807) is 0 Å². The van der Waals surface area contributed by atoms with Crippen molar-refractivity contribution in [1.82, 2.24) is 14.5 Å². The second kappa shape index (κ2) is 5.20. The van der Waals surface area contributed by atoms with Crippen molar-refractivity contribution in [3.8, 4) is 11.3 Å². The van der Waals surface area contributed by atoms with Crippen LogP contribution in [0.15, 0.2) is 30.3 Å². The van der Waals surface area contributed by atoms with Crippen LogP contribution in [0.5, 0.6) is 0 Å². The van der Waals surface area contributed by atoms with Gasteiger partial charge in [0.1, 0.15) is 17.3 Å². The molecule has 0 aliphatic rings. The van der Waals surface area contributed by atoms with Crippen LogP contribution in [0.3, 0.4) is 0 Å². The van der Waals surface area contributed by atoms with Gasteiger partial charge in [-0.1, -0.05) is 19.1 Å². The fraction of sp³-hybridized carbons (Fsp3) is 0.294. The molecule has 0 radical (unpaired) electrons. The van der Waals surface area contributed by atoms with E-state index in [0.29, 0.717) is 0 Å². The highest BCUT2D eigenvalue weighted by Gasteiger charge is 2.13. The van der Waals surface area contributed by atoms with Gasteiger partial charge in [0.05, 0.1) is 5.52 Å². The van der Waals surface area contributed by atoms with E-state index in [4.69, 9.17) is 5.73 Å². The van der Waals surface area contributed by atoms with Crippen LogP contribution < -0.4 is 5.73 Å². The summed E-state index contributed by atoms with van der Waals surface area (Å²) >= 11 is 0. The molecule has 2 aromatic heterocycles. The zero-order chi connectivity index (χ0) is 15.0. The minimum atomic E-state index is 0.744. The highest BCUT2D eigenvalue weighted by Crippen LogP contribution is 2.28. The Kier molecular flexibility index (Phi) is 3.37. The van der Waals surface area contributed by atoms with Crippen LogP contribution in [-0.4, -0.2) is 14.5 Å².